The number of hydrogen-bond acceptors (Lipinski definition) is 3. The van der Waals surface area contributed by atoms with Gasteiger partial charge in [-0.15, -0.1) is 0 Å². The second kappa shape index (κ2) is 8.41. The summed E-state index contributed by atoms with van der Waals surface area (Å²) < 4.78 is 13.3. The smallest absolute Gasteiger partial charge is 0.217 e. The molecule has 0 saturated carbocycles. The molecule has 0 spiro atoms. The molecule has 4 nitrogen and oxygen atoms in total. The first kappa shape index (κ1) is 20.5. The number of piperidine rings is 1. The zero-order chi connectivity index (χ0) is 20.3. The molecule has 150 valence electrons. The molecule has 1 atom stereocenters. The third-order valence-electron chi connectivity index (χ3n) is 5.87. The van der Waals surface area contributed by atoms with Gasteiger partial charge in [0.2, 0.25) is 5.91 Å². The molecule has 1 aliphatic rings. The first-order valence-corrected chi connectivity index (χ1v) is 9.81. The van der Waals surface area contributed by atoms with Crippen molar-refractivity contribution in [3.8, 4) is 0 Å². The van der Waals surface area contributed by atoms with Crippen LogP contribution in [0.4, 0.5) is 4.39 Å². The fourth-order valence-electron chi connectivity index (χ4n) is 4.03. The average molecular weight is 384 g/mol. The van der Waals surface area contributed by atoms with Crippen molar-refractivity contribution in [2.24, 2.45) is 0 Å². The van der Waals surface area contributed by atoms with Crippen LogP contribution in [0.25, 0.3) is 0 Å². The van der Waals surface area contributed by atoms with E-state index in [1.165, 1.54) is 30.2 Å². The highest BCUT2D eigenvalue weighted by molar-refractivity contribution is 5.74. The minimum atomic E-state index is -0.543. The summed E-state index contributed by atoms with van der Waals surface area (Å²) in [4.78, 5) is 14.0. The first-order valence-electron chi connectivity index (χ1n) is 9.81. The van der Waals surface area contributed by atoms with E-state index in [0.717, 1.165) is 37.1 Å². The second-order valence-corrected chi connectivity index (χ2v) is 7.93. The maximum Gasteiger partial charge on any atom is 0.217 e. The molecule has 1 heterocycles. The molecule has 0 aliphatic carbocycles. The molecule has 1 unspecified atom stereocenters. The summed E-state index contributed by atoms with van der Waals surface area (Å²) in [5.74, 6) is -0.372. The maximum absolute atomic E-state index is 13.3. The highest BCUT2D eigenvalue weighted by Gasteiger charge is 2.37. The number of hydrogen-bond donors (Lipinski definition) is 2. The number of carbonyl (C=O) groups excluding carboxylic acids is 1. The van der Waals surface area contributed by atoms with Crippen LogP contribution < -0.4 is 5.32 Å². The number of carbonyl (C=O) groups is 1. The Morgan fingerprint density at radius 1 is 1.14 bits per heavy atom. The summed E-state index contributed by atoms with van der Waals surface area (Å²) in [5, 5.41) is 13.8. The van der Waals surface area contributed by atoms with Gasteiger partial charge in [0.05, 0.1) is 11.6 Å². The van der Waals surface area contributed by atoms with E-state index in [9.17, 15) is 14.3 Å². The van der Waals surface area contributed by atoms with Crippen LogP contribution in [-0.4, -0.2) is 35.5 Å². The number of halogens is 1. The zero-order valence-corrected chi connectivity index (χ0v) is 16.8. The normalized spacial score (nSPS) is 17.9. The van der Waals surface area contributed by atoms with Crippen LogP contribution in [0.2, 0.25) is 0 Å². The van der Waals surface area contributed by atoms with Crippen molar-refractivity contribution < 1.29 is 14.3 Å². The molecule has 3 rings (SSSR count). The molecule has 1 fully saturated rings. The molecule has 0 radical (unpaired) electrons. The van der Waals surface area contributed by atoms with Crippen molar-refractivity contribution in [2.75, 3.05) is 19.6 Å². The Kier molecular flexibility index (Phi) is 6.16. The number of nitrogens with zero attached hydrogens (tertiary/aromatic N) is 1. The quantitative estimate of drug-likeness (QED) is 0.828. The lowest BCUT2D eigenvalue weighted by Crippen LogP contribution is -2.53. The van der Waals surface area contributed by atoms with Crippen molar-refractivity contribution >= 4 is 5.91 Å². The Bertz CT molecular complexity index is 827. The molecule has 1 saturated heterocycles. The number of aliphatic hydroxyl groups is 1. The number of benzene rings is 2. The highest BCUT2D eigenvalue weighted by Crippen LogP contribution is 2.34. The van der Waals surface area contributed by atoms with Gasteiger partial charge in [0.1, 0.15) is 5.82 Å². The molecular weight excluding hydrogens is 355 g/mol. The average Bonchev–Trinajstić information content (AvgIpc) is 2.65. The number of β-amino-alcohol motifs (C(OH)–C–C–N with tert-alkyl or cyclic N) is 1. The van der Waals surface area contributed by atoms with Crippen molar-refractivity contribution in [2.45, 2.75) is 45.3 Å². The van der Waals surface area contributed by atoms with Crippen molar-refractivity contribution in [3.63, 3.8) is 0 Å². The van der Waals surface area contributed by atoms with Crippen LogP contribution in [0.5, 0.6) is 0 Å². The fourth-order valence-corrected chi connectivity index (χ4v) is 4.03. The molecule has 0 aromatic heterocycles. The maximum atomic E-state index is 13.3. The predicted octanol–water partition coefficient (Wildman–Crippen LogP) is 3.60. The number of aryl methyl sites for hydroxylation is 2. The minimum Gasteiger partial charge on any atom is -0.387 e. The van der Waals surface area contributed by atoms with Crippen LogP contribution in [0.15, 0.2) is 42.5 Å². The predicted molar refractivity (Wildman–Crippen MR) is 108 cm³/mol. The van der Waals surface area contributed by atoms with Gasteiger partial charge in [-0.1, -0.05) is 30.3 Å². The number of nitrogens with one attached hydrogen (secondary N) is 1. The molecule has 2 aromatic carbocycles. The molecule has 1 aliphatic heterocycles. The van der Waals surface area contributed by atoms with Crippen LogP contribution in [0, 0.1) is 19.7 Å². The van der Waals surface area contributed by atoms with E-state index >= 15 is 0 Å². The Balaban J connectivity index is 1.69. The zero-order valence-electron chi connectivity index (χ0n) is 16.8. The van der Waals surface area contributed by atoms with Gasteiger partial charge in [-0.3, -0.25) is 4.79 Å². The summed E-state index contributed by atoms with van der Waals surface area (Å²) in [6.45, 7) is 7.69. The van der Waals surface area contributed by atoms with E-state index in [1.54, 1.807) is 12.1 Å². The molecule has 1 amide bonds. The molecule has 28 heavy (non-hydrogen) atoms. The summed E-state index contributed by atoms with van der Waals surface area (Å²) in [6, 6.07) is 12.5. The summed E-state index contributed by atoms with van der Waals surface area (Å²) in [7, 11) is 0. The Morgan fingerprint density at radius 2 is 1.79 bits per heavy atom. The van der Waals surface area contributed by atoms with E-state index in [4.69, 9.17) is 0 Å². The summed E-state index contributed by atoms with van der Waals surface area (Å²) >= 11 is 0. The van der Waals surface area contributed by atoms with E-state index in [1.807, 2.05) is 18.2 Å². The number of amides is 1. The third kappa shape index (κ3) is 4.59. The van der Waals surface area contributed by atoms with Gasteiger partial charge in [-0.05, 0) is 61.1 Å². The lowest BCUT2D eigenvalue weighted by molar-refractivity contribution is -0.121. The van der Waals surface area contributed by atoms with Crippen molar-refractivity contribution in [1.82, 2.24) is 10.2 Å². The Labute approximate surface area is 166 Å². The number of likely N-dealkylation sites (tertiary alicyclic amines) is 1. The Hall–Kier alpha value is -2.24. The van der Waals surface area contributed by atoms with Gasteiger partial charge in [0, 0.05) is 26.6 Å². The molecule has 5 heteroatoms. The number of rotatable bonds is 5. The molecule has 2 N–H and O–H groups in total. The van der Waals surface area contributed by atoms with Crippen LogP contribution in [-0.2, 0) is 10.3 Å². The molecular formula is C23H29FN2O2. The van der Waals surface area contributed by atoms with Gasteiger partial charge in [-0.2, -0.15) is 0 Å². The third-order valence-corrected chi connectivity index (χ3v) is 5.87. The highest BCUT2D eigenvalue weighted by atomic mass is 19.1. The van der Waals surface area contributed by atoms with E-state index in [2.05, 4.69) is 24.1 Å². The SMILES string of the molecule is CC(=O)NC1(c2ccc(F)cc2)CCN(CC(O)c2ccc(C)c(C)c2)CC1. The minimum absolute atomic E-state index is 0.0899. The summed E-state index contributed by atoms with van der Waals surface area (Å²) in [6.07, 6.45) is 0.897. The largest absolute Gasteiger partial charge is 0.387 e. The second-order valence-electron chi connectivity index (χ2n) is 7.93. The first-order chi connectivity index (χ1) is 13.3. The van der Waals surface area contributed by atoms with Crippen molar-refractivity contribution in [1.29, 1.82) is 0 Å². The van der Waals surface area contributed by atoms with Gasteiger partial charge in [0.25, 0.3) is 0 Å². The standard InChI is InChI=1S/C23H29FN2O2/c1-16-4-5-19(14-17(16)2)22(28)15-26-12-10-23(11-13-26,25-18(3)27)20-6-8-21(24)9-7-20/h4-9,14,22,28H,10-13,15H2,1-3H3,(H,25,27). The van der Waals surface area contributed by atoms with Gasteiger partial charge in [-0.25, -0.2) is 4.39 Å². The number of aliphatic hydroxyl groups excluding tert-OH is 1. The van der Waals surface area contributed by atoms with Crippen LogP contribution in [0.3, 0.4) is 0 Å². The topological polar surface area (TPSA) is 52.6 Å². The van der Waals surface area contributed by atoms with E-state index < -0.39 is 11.6 Å². The van der Waals surface area contributed by atoms with Crippen LogP contribution in [0.1, 0.15) is 48.1 Å². The van der Waals surface area contributed by atoms with Gasteiger partial charge in [0.15, 0.2) is 0 Å². The molecule has 0 bridgehead atoms. The van der Waals surface area contributed by atoms with E-state index in [0.29, 0.717) is 6.54 Å². The van der Waals surface area contributed by atoms with Crippen molar-refractivity contribution in [3.05, 3.63) is 70.5 Å². The lowest BCUT2D eigenvalue weighted by atomic mass is 9.80. The lowest BCUT2D eigenvalue weighted by Gasteiger charge is -2.43. The monoisotopic (exact) mass is 384 g/mol. The van der Waals surface area contributed by atoms with Gasteiger partial charge < -0.3 is 15.3 Å². The van der Waals surface area contributed by atoms with Crippen LogP contribution >= 0.6 is 0 Å². The van der Waals surface area contributed by atoms with E-state index in [-0.39, 0.29) is 11.7 Å². The van der Waals surface area contributed by atoms with Gasteiger partial charge >= 0.3 is 0 Å². The Morgan fingerprint density at radius 3 is 2.36 bits per heavy atom. The molecule has 2 aromatic rings. The fraction of sp³-hybridized carbons (Fsp3) is 0.435. The summed E-state index contributed by atoms with van der Waals surface area (Å²) in [5.41, 5.74) is 3.77.